The number of ether oxygens (including phenoxy) is 1. The number of carbonyl (C=O) groups excluding carboxylic acids is 1. The van der Waals surface area contributed by atoms with E-state index in [-0.39, 0.29) is 12.3 Å². The number of nitrogens with one attached hydrogen (secondary N) is 1. The Kier molecular flexibility index (Phi) is 5.39. The van der Waals surface area contributed by atoms with Crippen LogP contribution in [0.15, 0.2) is 66.2 Å². The van der Waals surface area contributed by atoms with Crippen LogP contribution in [-0.2, 0) is 17.8 Å². The SMILES string of the molecule is COc1cccc(-c2nc(CC(=O)NCCn3ccc4ccccc43)cs2)c1. The number of nitrogens with zero attached hydrogens (tertiary/aromatic N) is 2. The number of benzene rings is 2. The summed E-state index contributed by atoms with van der Waals surface area (Å²) in [5.41, 5.74) is 2.96. The number of hydrogen-bond acceptors (Lipinski definition) is 4. The highest BCUT2D eigenvalue weighted by Crippen LogP contribution is 2.27. The molecule has 0 unspecified atom stereocenters. The topological polar surface area (TPSA) is 56.1 Å². The van der Waals surface area contributed by atoms with E-state index in [9.17, 15) is 4.79 Å². The van der Waals surface area contributed by atoms with Gasteiger partial charge in [0.1, 0.15) is 10.8 Å². The molecule has 0 saturated heterocycles. The van der Waals surface area contributed by atoms with E-state index in [4.69, 9.17) is 4.74 Å². The van der Waals surface area contributed by atoms with Gasteiger partial charge in [0.25, 0.3) is 0 Å². The molecule has 0 aliphatic carbocycles. The lowest BCUT2D eigenvalue weighted by molar-refractivity contribution is -0.120. The average molecular weight is 391 g/mol. The van der Waals surface area contributed by atoms with Crippen LogP contribution >= 0.6 is 11.3 Å². The van der Waals surface area contributed by atoms with Crippen molar-refractivity contribution in [1.29, 1.82) is 0 Å². The number of rotatable bonds is 7. The first-order valence-electron chi connectivity index (χ1n) is 9.12. The van der Waals surface area contributed by atoms with E-state index in [1.54, 1.807) is 7.11 Å². The van der Waals surface area contributed by atoms with Gasteiger partial charge in [-0.15, -0.1) is 11.3 Å². The number of hydrogen-bond donors (Lipinski definition) is 1. The van der Waals surface area contributed by atoms with Crippen molar-refractivity contribution in [3.05, 3.63) is 71.9 Å². The summed E-state index contributed by atoms with van der Waals surface area (Å²) in [5, 5.41) is 7.02. The molecule has 0 aliphatic heterocycles. The molecule has 0 bridgehead atoms. The zero-order valence-electron chi connectivity index (χ0n) is 15.6. The molecule has 1 amide bonds. The monoisotopic (exact) mass is 391 g/mol. The standard InChI is InChI=1S/C22H21N3O2S/c1-27-19-7-4-6-17(13-19)22-24-18(15-28-22)14-21(26)23-10-12-25-11-9-16-5-2-3-8-20(16)25/h2-9,11,13,15H,10,12,14H2,1H3,(H,23,26). The van der Waals surface area contributed by atoms with Gasteiger partial charge in [0.2, 0.25) is 5.91 Å². The molecular formula is C22H21N3O2S. The van der Waals surface area contributed by atoms with Crippen LogP contribution < -0.4 is 10.1 Å². The number of aromatic nitrogens is 2. The third-order valence-electron chi connectivity index (χ3n) is 4.57. The van der Waals surface area contributed by atoms with Gasteiger partial charge in [-0.3, -0.25) is 4.79 Å². The zero-order valence-corrected chi connectivity index (χ0v) is 16.4. The van der Waals surface area contributed by atoms with Gasteiger partial charge in [-0.25, -0.2) is 4.98 Å². The van der Waals surface area contributed by atoms with E-state index in [0.29, 0.717) is 6.54 Å². The van der Waals surface area contributed by atoms with E-state index in [0.717, 1.165) is 28.6 Å². The molecule has 0 radical (unpaired) electrons. The molecule has 1 N–H and O–H groups in total. The molecule has 4 rings (SSSR count). The van der Waals surface area contributed by atoms with Crippen LogP contribution in [-0.4, -0.2) is 29.1 Å². The van der Waals surface area contributed by atoms with Gasteiger partial charge in [0.15, 0.2) is 0 Å². The average Bonchev–Trinajstić information content (AvgIpc) is 3.35. The van der Waals surface area contributed by atoms with E-state index < -0.39 is 0 Å². The first-order chi connectivity index (χ1) is 13.7. The molecule has 28 heavy (non-hydrogen) atoms. The Morgan fingerprint density at radius 1 is 1.18 bits per heavy atom. The van der Waals surface area contributed by atoms with E-state index in [1.807, 2.05) is 41.8 Å². The van der Waals surface area contributed by atoms with E-state index in [1.165, 1.54) is 22.2 Å². The van der Waals surface area contributed by atoms with Gasteiger partial charge in [0, 0.05) is 35.7 Å². The van der Waals surface area contributed by atoms with Crippen molar-refractivity contribution in [2.45, 2.75) is 13.0 Å². The third kappa shape index (κ3) is 4.07. The number of fused-ring (bicyclic) bond motifs is 1. The summed E-state index contributed by atoms with van der Waals surface area (Å²) in [7, 11) is 1.65. The van der Waals surface area contributed by atoms with Gasteiger partial charge in [0.05, 0.1) is 19.2 Å². The minimum Gasteiger partial charge on any atom is -0.497 e. The van der Waals surface area contributed by atoms with Crippen molar-refractivity contribution < 1.29 is 9.53 Å². The fourth-order valence-electron chi connectivity index (χ4n) is 3.16. The summed E-state index contributed by atoms with van der Waals surface area (Å²) >= 11 is 1.54. The number of para-hydroxylation sites is 1. The molecule has 0 saturated carbocycles. The molecule has 2 heterocycles. The van der Waals surface area contributed by atoms with Gasteiger partial charge < -0.3 is 14.6 Å². The predicted octanol–water partition coefficient (Wildman–Crippen LogP) is 4.13. The molecule has 0 fully saturated rings. The Bertz CT molecular complexity index is 1100. The summed E-state index contributed by atoms with van der Waals surface area (Å²) < 4.78 is 7.41. The van der Waals surface area contributed by atoms with Gasteiger partial charge in [-0.2, -0.15) is 0 Å². The fourth-order valence-corrected chi connectivity index (χ4v) is 3.97. The molecule has 142 valence electrons. The molecule has 6 heteroatoms. The first kappa shape index (κ1) is 18.3. The van der Waals surface area contributed by atoms with Crippen LogP contribution in [0.3, 0.4) is 0 Å². The fraction of sp³-hybridized carbons (Fsp3) is 0.182. The molecule has 5 nitrogen and oxygen atoms in total. The maximum Gasteiger partial charge on any atom is 0.226 e. The number of methoxy groups -OCH3 is 1. The molecule has 0 atom stereocenters. The molecular weight excluding hydrogens is 370 g/mol. The second-order valence-electron chi connectivity index (χ2n) is 6.47. The maximum atomic E-state index is 12.3. The van der Waals surface area contributed by atoms with Crippen molar-refractivity contribution in [2.75, 3.05) is 13.7 Å². The molecule has 0 spiro atoms. The van der Waals surface area contributed by atoms with Crippen molar-refractivity contribution >= 4 is 28.1 Å². The Hall–Kier alpha value is -3.12. The second-order valence-corrected chi connectivity index (χ2v) is 7.33. The van der Waals surface area contributed by atoms with Crippen molar-refractivity contribution in [3.63, 3.8) is 0 Å². The highest BCUT2D eigenvalue weighted by atomic mass is 32.1. The molecule has 2 aromatic carbocycles. The highest BCUT2D eigenvalue weighted by Gasteiger charge is 2.10. The van der Waals surface area contributed by atoms with Gasteiger partial charge in [-0.05, 0) is 29.7 Å². The normalized spacial score (nSPS) is 10.9. The lowest BCUT2D eigenvalue weighted by Crippen LogP contribution is -2.28. The summed E-state index contributed by atoms with van der Waals surface area (Å²) in [5.74, 6) is 0.781. The number of carbonyl (C=O) groups is 1. The molecule has 0 aliphatic rings. The smallest absolute Gasteiger partial charge is 0.226 e. The zero-order chi connectivity index (χ0) is 19.3. The Morgan fingerprint density at radius 2 is 2.07 bits per heavy atom. The highest BCUT2D eigenvalue weighted by molar-refractivity contribution is 7.13. The van der Waals surface area contributed by atoms with Crippen LogP contribution in [0.4, 0.5) is 0 Å². The Morgan fingerprint density at radius 3 is 2.96 bits per heavy atom. The number of thiazole rings is 1. The van der Waals surface area contributed by atoms with Crippen LogP contribution in [0.2, 0.25) is 0 Å². The quantitative estimate of drug-likeness (QED) is 0.515. The minimum atomic E-state index is -0.0149. The van der Waals surface area contributed by atoms with Crippen molar-refractivity contribution in [2.24, 2.45) is 0 Å². The summed E-state index contributed by atoms with van der Waals surface area (Å²) in [4.78, 5) is 16.9. The van der Waals surface area contributed by atoms with Crippen LogP contribution in [0.25, 0.3) is 21.5 Å². The van der Waals surface area contributed by atoms with Crippen LogP contribution in [0.1, 0.15) is 5.69 Å². The molecule has 4 aromatic rings. The van der Waals surface area contributed by atoms with Crippen molar-refractivity contribution in [1.82, 2.24) is 14.9 Å². The summed E-state index contributed by atoms with van der Waals surface area (Å²) in [6, 6.07) is 18.1. The largest absolute Gasteiger partial charge is 0.497 e. The van der Waals surface area contributed by atoms with Gasteiger partial charge >= 0.3 is 0 Å². The summed E-state index contributed by atoms with van der Waals surface area (Å²) in [6.45, 7) is 1.33. The minimum absolute atomic E-state index is 0.0149. The first-order valence-corrected chi connectivity index (χ1v) is 10.0. The van der Waals surface area contributed by atoms with Crippen LogP contribution in [0.5, 0.6) is 5.75 Å². The van der Waals surface area contributed by atoms with Crippen LogP contribution in [0, 0.1) is 0 Å². The predicted molar refractivity (Wildman–Crippen MR) is 113 cm³/mol. The van der Waals surface area contributed by atoms with E-state index in [2.05, 4.69) is 39.3 Å². The number of amides is 1. The second kappa shape index (κ2) is 8.27. The lowest BCUT2D eigenvalue weighted by Gasteiger charge is -2.07. The Labute approximate surface area is 167 Å². The Balaban J connectivity index is 1.32. The maximum absolute atomic E-state index is 12.3. The van der Waals surface area contributed by atoms with Gasteiger partial charge in [-0.1, -0.05) is 30.3 Å². The molecule has 2 aromatic heterocycles. The van der Waals surface area contributed by atoms with Crippen molar-refractivity contribution in [3.8, 4) is 16.3 Å². The third-order valence-corrected chi connectivity index (χ3v) is 5.51. The lowest BCUT2D eigenvalue weighted by atomic mass is 10.2. The summed E-state index contributed by atoms with van der Waals surface area (Å²) in [6.07, 6.45) is 2.34. The van der Waals surface area contributed by atoms with E-state index >= 15 is 0 Å².